The lowest BCUT2D eigenvalue weighted by Crippen LogP contribution is -2.45. The van der Waals surface area contributed by atoms with Gasteiger partial charge in [0.25, 0.3) is 5.91 Å². The number of benzene rings is 2. The number of piperazine rings is 1. The lowest BCUT2D eigenvalue weighted by Gasteiger charge is -2.35. The van der Waals surface area contributed by atoms with Crippen molar-refractivity contribution < 1.29 is 13.9 Å². The number of nitrogens with zero attached hydrogens (tertiary/aromatic N) is 2. The summed E-state index contributed by atoms with van der Waals surface area (Å²) in [5.41, 5.74) is 2.28. The first-order valence-electron chi connectivity index (χ1n) is 10.2. The molecule has 2 heterocycles. The molecule has 0 aliphatic carbocycles. The normalized spacial score (nSPS) is 14.5. The quantitative estimate of drug-likeness (QED) is 0.652. The van der Waals surface area contributed by atoms with Crippen LogP contribution in [0.1, 0.15) is 21.9 Å². The van der Waals surface area contributed by atoms with Crippen LogP contribution >= 0.6 is 0 Å². The smallest absolute Gasteiger partial charge is 0.287 e. The Kier molecular flexibility index (Phi) is 6.35. The van der Waals surface area contributed by atoms with E-state index in [0.29, 0.717) is 18.8 Å². The van der Waals surface area contributed by atoms with Gasteiger partial charge < -0.3 is 19.4 Å². The molecule has 1 saturated heterocycles. The number of methoxy groups -OCH3 is 1. The fraction of sp³-hybridized carbons (Fsp3) is 0.292. The van der Waals surface area contributed by atoms with Crippen molar-refractivity contribution in [2.75, 3.05) is 38.2 Å². The van der Waals surface area contributed by atoms with Crippen LogP contribution in [0, 0.1) is 0 Å². The van der Waals surface area contributed by atoms with Gasteiger partial charge in [-0.3, -0.25) is 9.69 Å². The molecule has 2 aromatic carbocycles. The standard InChI is InChI=1S/C24H27N3O3/c1-29-21-9-7-20(8-10-21)27-15-13-26(14-16-27)18-22-11-12-23(30-22)24(28)25-17-19-5-3-2-4-6-19/h2-12H,13-18H2,1H3,(H,25,28). The summed E-state index contributed by atoms with van der Waals surface area (Å²) in [5, 5.41) is 2.90. The van der Waals surface area contributed by atoms with Crippen LogP contribution in [0.5, 0.6) is 5.75 Å². The summed E-state index contributed by atoms with van der Waals surface area (Å²) in [6.45, 7) is 5.00. The zero-order valence-electron chi connectivity index (χ0n) is 17.2. The van der Waals surface area contributed by atoms with Gasteiger partial charge in [-0.05, 0) is 42.0 Å². The van der Waals surface area contributed by atoms with Gasteiger partial charge in [-0.15, -0.1) is 0 Å². The molecule has 1 aromatic heterocycles. The molecule has 156 valence electrons. The van der Waals surface area contributed by atoms with Crippen molar-refractivity contribution in [3.8, 4) is 5.75 Å². The maximum Gasteiger partial charge on any atom is 0.287 e. The number of hydrogen-bond acceptors (Lipinski definition) is 5. The Morgan fingerprint density at radius 3 is 2.40 bits per heavy atom. The number of carbonyl (C=O) groups is 1. The molecule has 0 atom stereocenters. The molecule has 30 heavy (non-hydrogen) atoms. The summed E-state index contributed by atoms with van der Waals surface area (Å²) >= 11 is 0. The van der Waals surface area contributed by atoms with E-state index in [4.69, 9.17) is 9.15 Å². The summed E-state index contributed by atoms with van der Waals surface area (Å²) in [6.07, 6.45) is 0. The van der Waals surface area contributed by atoms with Gasteiger partial charge in [0.1, 0.15) is 11.5 Å². The van der Waals surface area contributed by atoms with Gasteiger partial charge >= 0.3 is 0 Å². The average Bonchev–Trinajstić information content (AvgIpc) is 3.27. The van der Waals surface area contributed by atoms with Gasteiger partial charge in [-0.1, -0.05) is 30.3 Å². The molecule has 6 heteroatoms. The molecule has 0 saturated carbocycles. The van der Waals surface area contributed by atoms with Crippen LogP contribution in [0.15, 0.2) is 71.1 Å². The van der Waals surface area contributed by atoms with Gasteiger partial charge in [-0.2, -0.15) is 0 Å². The SMILES string of the molecule is COc1ccc(N2CCN(Cc3ccc(C(=O)NCc4ccccc4)o3)CC2)cc1. The molecule has 1 aliphatic heterocycles. The molecule has 1 aliphatic rings. The Hall–Kier alpha value is -3.25. The number of nitrogens with one attached hydrogen (secondary N) is 1. The number of amides is 1. The topological polar surface area (TPSA) is 58.0 Å². The first-order valence-corrected chi connectivity index (χ1v) is 10.2. The lowest BCUT2D eigenvalue weighted by atomic mass is 10.2. The molecule has 0 bridgehead atoms. The predicted octanol–water partition coefficient (Wildman–Crippen LogP) is 3.54. The zero-order valence-corrected chi connectivity index (χ0v) is 17.2. The van der Waals surface area contributed by atoms with Gasteiger partial charge in [0.2, 0.25) is 0 Å². The first-order chi connectivity index (χ1) is 14.7. The summed E-state index contributed by atoms with van der Waals surface area (Å²) in [6, 6.07) is 21.7. The Bertz CT molecular complexity index is 945. The van der Waals surface area contributed by atoms with E-state index in [1.54, 1.807) is 13.2 Å². The van der Waals surface area contributed by atoms with Crippen LogP contribution in [0.3, 0.4) is 0 Å². The van der Waals surface area contributed by atoms with E-state index in [-0.39, 0.29) is 5.91 Å². The predicted molar refractivity (Wildman–Crippen MR) is 117 cm³/mol. The molecule has 0 spiro atoms. The summed E-state index contributed by atoms with van der Waals surface area (Å²) < 4.78 is 11.0. The number of anilines is 1. The highest BCUT2D eigenvalue weighted by Crippen LogP contribution is 2.21. The van der Waals surface area contributed by atoms with Crippen molar-refractivity contribution in [2.45, 2.75) is 13.1 Å². The fourth-order valence-electron chi connectivity index (χ4n) is 3.63. The Balaban J connectivity index is 1.25. The van der Waals surface area contributed by atoms with Gasteiger partial charge in [0.05, 0.1) is 13.7 Å². The minimum absolute atomic E-state index is 0.186. The van der Waals surface area contributed by atoms with Crippen molar-refractivity contribution in [3.63, 3.8) is 0 Å². The second kappa shape index (κ2) is 9.50. The largest absolute Gasteiger partial charge is 0.497 e. The van der Waals surface area contributed by atoms with E-state index in [2.05, 4.69) is 27.2 Å². The van der Waals surface area contributed by atoms with E-state index in [9.17, 15) is 4.79 Å². The van der Waals surface area contributed by atoms with Crippen molar-refractivity contribution >= 4 is 11.6 Å². The number of furan rings is 1. The molecule has 4 rings (SSSR count). The van der Waals surface area contributed by atoms with Crippen LogP contribution in [-0.2, 0) is 13.1 Å². The Morgan fingerprint density at radius 1 is 0.967 bits per heavy atom. The third-order valence-electron chi connectivity index (χ3n) is 5.37. The molecular formula is C24H27N3O3. The van der Waals surface area contributed by atoms with Crippen molar-refractivity contribution in [3.05, 3.63) is 83.8 Å². The zero-order chi connectivity index (χ0) is 20.8. The van der Waals surface area contributed by atoms with Crippen LogP contribution in [-0.4, -0.2) is 44.1 Å². The summed E-state index contributed by atoms with van der Waals surface area (Å²) in [7, 11) is 1.68. The van der Waals surface area contributed by atoms with E-state index < -0.39 is 0 Å². The minimum Gasteiger partial charge on any atom is -0.497 e. The number of hydrogen-bond donors (Lipinski definition) is 1. The third kappa shape index (κ3) is 5.02. The highest BCUT2D eigenvalue weighted by Gasteiger charge is 2.19. The molecule has 3 aromatic rings. The van der Waals surface area contributed by atoms with E-state index in [0.717, 1.165) is 43.3 Å². The van der Waals surface area contributed by atoms with Crippen LogP contribution in [0.4, 0.5) is 5.69 Å². The molecule has 6 nitrogen and oxygen atoms in total. The molecular weight excluding hydrogens is 378 g/mol. The monoisotopic (exact) mass is 405 g/mol. The van der Waals surface area contributed by atoms with Crippen molar-refractivity contribution in [1.82, 2.24) is 10.2 Å². The highest BCUT2D eigenvalue weighted by molar-refractivity contribution is 5.91. The van der Waals surface area contributed by atoms with E-state index >= 15 is 0 Å². The first kappa shape index (κ1) is 20.0. The third-order valence-corrected chi connectivity index (χ3v) is 5.37. The Labute approximate surface area is 177 Å². The summed E-state index contributed by atoms with van der Waals surface area (Å²) in [5.74, 6) is 1.86. The molecule has 0 unspecified atom stereocenters. The Morgan fingerprint density at radius 2 is 1.70 bits per heavy atom. The van der Waals surface area contributed by atoms with Gasteiger partial charge in [0, 0.05) is 38.4 Å². The lowest BCUT2D eigenvalue weighted by molar-refractivity contribution is 0.0919. The highest BCUT2D eigenvalue weighted by atomic mass is 16.5. The van der Waals surface area contributed by atoms with Crippen molar-refractivity contribution in [2.24, 2.45) is 0 Å². The second-order valence-electron chi connectivity index (χ2n) is 7.40. The maximum absolute atomic E-state index is 12.3. The van der Waals surface area contributed by atoms with E-state index in [1.165, 1.54) is 5.69 Å². The molecule has 0 radical (unpaired) electrons. The number of rotatable bonds is 7. The van der Waals surface area contributed by atoms with Gasteiger partial charge in [0.15, 0.2) is 5.76 Å². The van der Waals surface area contributed by atoms with Crippen LogP contribution < -0.4 is 15.0 Å². The van der Waals surface area contributed by atoms with Crippen molar-refractivity contribution in [1.29, 1.82) is 0 Å². The average molecular weight is 405 g/mol. The fourth-order valence-corrected chi connectivity index (χ4v) is 3.63. The summed E-state index contributed by atoms with van der Waals surface area (Å²) in [4.78, 5) is 17.1. The number of carbonyl (C=O) groups excluding carboxylic acids is 1. The minimum atomic E-state index is -0.186. The second-order valence-corrected chi connectivity index (χ2v) is 7.40. The molecule has 1 N–H and O–H groups in total. The van der Waals surface area contributed by atoms with Crippen LogP contribution in [0.2, 0.25) is 0 Å². The maximum atomic E-state index is 12.3. The van der Waals surface area contributed by atoms with E-state index in [1.807, 2.05) is 48.5 Å². The molecule has 1 amide bonds. The van der Waals surface area contributed by atoms with Crippen LogP contribution in [0.25, 0.3) is 0 Å². The number of ether oxygens (including phenoxy) is 1. The molecule has 1 fully saturated rings. The van der Waals surface area contributed by atoms with Gasteiger partial charge in [-0.25, -0.2) is 0 Å².